The van der Waals surface area contributed by atoms with Crippen molar-refractivity contribution in [3.63, 3.8) is 0 Å². The number of ether oxygens (including phenoxy) is 1. The van der Waals surface area contributed by atoms with E-state index in [1.807, 2.05) is 103 Å². The van der Waals surface area contributed by atoms with E-state index < -0.39 is 0 Å². The van der Waals surface area contributed by atoms with E-state index in [-0.39, 0.29) is 5.92 Å². The van der Waals surface area contributed by atoms with Gasteiger partial charge in [0.25, 0.3) is 0 Å². The molecule has 0 saturated heterocycles. The third-order valence-electron chi connectivity index (χ3n) is 11.9. The summed E-state index contributed by atoms with van der Waals surface area (Å²) in [6.07, 6.45) is 21.6. The molecule has 3 heterocycles. The Kier molecular flexibility index (Phi) is 11.2. The van der Waals surface area contributed by atoms with Crippen molar-refractivity contribution in [1.29, 1.82) is 0 Å². The molecule has 1 unspecified atom stereocenters. The molecule has 2 aliphatic heterocycles. The number of furan rings is 1. The molecule has 8 aromatic rings. The van der Waals surface area contributed by atoms with E-state index in [9.17, 15) is 0 Å². The van der Waals surface area contributed by atoms with Crippen LogP contribution >= 0.6 is 0 Å². The third kappa shape index (κ3) is 8.21. The minimum Gasteiger partial charge on any atom is -0.464 e. The van der Waals surface area contributed by atoms with Crippen LogP contribution in [-0.4, -0.2) is 0 Å². The van der Waals surface area contributed by atoms with Crippen molar-refractivity contribution in [2.45, 2.75) is 12.3 Å². The molecule has 0 saturated carbocycles. The van der Waals surface area contributed by atoms with Gasteiger partial charge in [-0.05, 0) is 113 Å². The minimum absolute atomic E-state index is 0.185. The van der Waals surface area contributed by atoms with Gasteiger partial charge < -0.3 is 19.4 Å². The minimum atomic E-state index is 0.185. The van der Waals surface area contributed by atoms with E-state index in [0.717, 1.165) is 101 Å². The Morgan fingerprint density at radius 2 is 1.28 bits per heavy atom. The Morgan fingerprint density at radius 1 is 0.578 bits per heavy atom. The van der Waals surface area contributed by atoms with Crippen molar-refractivity contribution in [3.8, 4) is 16.9 Å². The predicted molar refractivity (Wildman–Crippen MR) is 269 cm³/mol. The van der Waals surface area contributed by atoms with Gasteiger partial charge in [-0.1, -0.05) is 159 Å². The lowest BCUT2D eigenvalue weighted by Gasteiger charge is -2.29. The molecule has 308 valence electrons. The number of allylic oxidation sites excluding steroid dienone is 11. The van der Waals surface area contributed by atoms with Gasteiger partial charge in [0.05, 0.1) is 6.26 Å². The maximum Gasteiger partial charge on any atom is 0.139 e. The molecule has 0 spiro atoms. The van der Waals surface area contributed by atoms with Gasteiger partial charge >= 0.3 is 0 Å². The summed E-state index contributed by atoms with van der Waals surface area (Å²) in [7, 11) is 0. The maximum atomic E-state index is 6.44. The average molecular weight is 827 g/mol. The smallest absolute Gasteiger partial charge is 0.139 e. The molecular weight excluding hydrogens is 781 g/mol. The second kappa shape index (κ2) is 17.9. The summed E-state index contributed by atoms with van der Waals surface area (Å²) in [4.78, 5) is 2.34. The average Bonchev–Trinajstić information content (AvgIpc) is 3.73. The zero-order valence-corrected chi connectivity index (χ0v) is 35.4. The van der Waals surface area contributed by atoms with Crippen molar-refractivity contribution < 1.29 is 9.15 Å². The second-order valence-corrected chi connectivity index (χ2v) is 15.9. The van der Waals surface area contributed by atoms with Gasteiger partial charge in [0, 0.05) is 62.3 Å². The monoisotopic (exact) mass is 826 g/mol. The van der Waals surface area contributed by atoms with Crippen molar-refractivity contribution in [2.24, 2.45) is 0 Å². The van der Waals surface area contributed by atoms with Gasteiger partial charge in [-0.2, -0.15) is 0 Å². The van der Waals surface area contributed by atoms with E-state index in [2.05, 4.69) is 145 Å². The van der Waals surface area contributed by atoms with Crippen molar-refractivity contribution in [3.05, 3.63) is 272 Å². The van der Waals surface area contributed by atoms with Crippen LogP contribution in [-0.2, 0) is 0 Å². The summed E-state index contributed by atoms with van der Waals surface area (Å²) in [5.41, 5.74) is 15.7. The number of hydrogen-bond acceptors (Lipinski definition) is 4. The van der Waals surface area contributed by atoms with Gasteiger partial charge in [0.1, 0.15) is 16.9 Å². The van der Waals surface area contributed by atoms with Crippen LogP contribution in [0.1, 0.15) is 34.6 Å². The van der Waals surface area contributed by atoms with Gasteiger partial charge in [-0.15, -0.1) is 0 Å². The van der Waals surface area contributed by atoms with Crippen molar-refractivity contribution in [1.82, 2.24) is 0 Å². The Balaban J connectivity index is 0.000000748. The molecule has 0 amide bonds. The van der Waals surface area contributed by atoms with Crippen LogP contribution in [0.2, 0.25) is 0 Å². The van der Waals surface area contributed by atoms with E-state index in [1.165, 1.54) is 5.56 Å². The fraction of sp³-hybridized carbons (Fsp3) is 0.0333. The largest absolute Gasteiger partial charge is 0.464 e. The second-order valence-electron chi connectivity index (χ2n) is 15.9. The number of nitrogens with one attached hydrogen (secondary N) is 1. The highest BCUT2D eigenvalue weighted by Gasteiger charge is 2.22. The molecule has 1 atom stereocenters. The molecule has 4 heteroatoms. The van der Waals surface area contributed by atoms with Crippen LogP contribution in [0.15, 0.2) is 254 Å². The topological polar surface area (TPSA) is 37.6 Å². The zero-order chi connectivity index (χ0) is 43.2. The molecule has 4 nitrogen and oxygen atoms in total. The number of anilines is 3. The molecule has 0 radical (unpaired) electrons. The normalized spacial score (nSPS) is 17.5. The lowest BCUT2D eigenvalue weighted by molar-refractivity contribution is 0.480. The highest BCUT2D eigenvalue weighted by molar-refractivity contribution is 6.06. The zero-order valence-electron chi connectivity index (χ0n) is 35.4. The Bertz CT molecular complexity index is 3180. The van der Waals surface area contributed by atoms with Crippen LogP contribution in [0.3, 0.4) is 0 Å². The van der Waals surface area contributed by atoms with Crippen LogP contribution in [0.4, 0.5) is 17.1 Å². The summed E-state index contributed by atoms with van der Waals surface area (Å²) >= 11 is 0. The first-order chi connectivity index (χ1) is 31.6. The fourth-order valence-electron chi connectivity index (χ4n) is 8.58. The molecular formula is C60H46N2O2. The number of fused-ring (bicyclic) bond motifs is 5. The highest BCUT2D eigenvalue weighted by atomic mass is 16.5. The summed E-state index contributed by atoms with van der Waals surface area (Å²) < 4.78 is 12.4. The molecule has 1 aromatic heterocycles. The van der Waals surface area contributed by atoms with Gasteiger partial charge in [-0.25, -0.2) is 0 Å². The molecule has 7 aromatic carbocycles. The number of benzene rings is 7. The standard InChI is InChI=1S/C54H40N2O2.C6H6/c1-36-10-7-8-32-55-51-30-23-41(35-50(36)51)38-17-24-43(25-18-38)56(44-26-19-39(20-27-44)42-31-33-57-52-15-5-3-11-46(52)37(2)34-42)45-28-21-40(22-29-45)47-13-9-14-49-48-12-4-6-16-53(48)58-54(47)49;1-2-4-6-5-3-1/h3-21,23-35,40,55H,1-2,22H2;1-6H/b10-7-,32-8-,33-31-,42-34+;. The predicted octanol–water partition coefficient (Wildman–Crippen LogP) is 16.2. The molecule has 11 rings (SSSR count). The summed E-state index contributed by atoms with van der Waals surface area (Å²) in [5, 5.41) is 5.69. The quantitative estimate of drug-likeness (QED) is 0.181. The maximum absolute atomic E-state index is 6.44. The first-order valence-corrected chi connectivity index (χ1v) is 21.6. The summed E-state index contributed by atoms with van der Waals surface area (Å²) in [5.74, 6) is 0.987. The van der Waals surface area contributed by atoms with Crippen LogP contribution in [0.25, 0.3) is 49.8 Å². The number of nitrogens with zero attached hydrogens (tertiary/aromatic N) is 1. The molecule has 64 heavy (non-hydrogen) atoms. The van der Waals surface area contributed by atoms with Crippen molar-refractivity contribution in [2.75, 3.05) is 10.2 Å². The third-order valence-corrected chi connectivity index (χ3v) is 11.9. The molecule has 0 bridgehead atoms. The molecule has 1 aliphatic carbocycles. The summed E-state index contributed by atoms with van der Waals surface area (Å²) in [6.45, 7) is 8.68. The van der Waals surface area contributed by atoms with E-state index in [1.54, 1.807) is 6.26 Å². The Labute approximate surface area is 374 Å². The Hall–Kier alpha value is -8.34. The van der Waals surface area contributed by atoms with Crippen LogP contribution in [0, 0.1) is 0 Å². The van der Waals surface area contributed by atoms with Gasteiger partial charge in [0.15, 0.2) is 0 Å². The highest BCUT2D eigenvalue weighted by Crippen LogP contribution is 2.41. The lowest BCUT2D eigenvalue weighted by atomic mass is 9.90. The van der Waals surface area contributed by atoms with Crippen LogP contribution < -0.4 is 15.0 Å². The van der Waals surface area contributed by atoms with E-state index >= 15 is 0 Å². The van der Waals surface area contributed by atoms with E-state index in [0.29, 0.717) is 0 Å². The van der Waals surface area contributed by atoms with Gasteiger partial charge in [-0.3, -0.25) is 0 Å². The number of rotatable bonds is 6. The first-order valence-electron chi connectivity index (χ1n) is 21.6. The molecule has 0 fully saturated rings. The summed E-state index contributed by atoms with van der Waals surface area (Å²) in [6, 6.07) is 58.9. The van der Waals surface area contributed by atoms with Gasteiger partial charge in [0.2, 0.25) is 0 Å². The van der Waals surface area contributed by atoms with Crippen LogP contribution in [0.5, 0.6) is 5.75 Å². The Morgan fingerprint density at radius 3 is 2.05 bits per heavy atom. The fourth-order valence-corrected chi connectivity index (χ4v) is 8.58. The molecule has 1 N–H and O–H groups in total. The number of hydrogen-bond donors (Lipinski definition) is 1. The lowest BCUT2D eigenvalue weighted by Crippen LogP contribution is -2.17. The SMILES string of the molecule is C=C1/C=C\C=C/Nc2ccc(-c3ccc(N(C4=CCC(c5cccc6c5oc5ccccc56)C=C4)c4ccc(C5=C/C(=C)c6ccccc6O/C=C\5)cc4)cc3)cc21.c1ccccc1. The van der Waals surface area contributed by atoms with Crippen molar-refractivity contribution >= 4 is 55.7 Å². The van der Waals surface area contributed by atoms with E-state index in [4.69, 9.17) is 9.15 Å². The molecule has 3 aliphatic rings. The first kappa shape index (κ1) is 39.8. The number of para-hydroxylation sites is 3.